The Balaban J connectivity index is 1.91. The Hall–Kier alpha value is -1.47. The Morgan fingerprint density at radius 1 is 1.26 bits per heavy atom. The Morgan fingerprint density at radius 3 is 2.63 bits per heavy atom. The van der Waals surface area contributed by atoms with Crippen LogP contribution in [0.2, 0.25) is 0 Å². The van der Waals surface area contributed by atoms with Gasteiger partial charge in [-0.25, -0.2) is 24.1 Å². The molecule has 0 spiro atoms. The van der Waals surface area contributed by atoms with Crippen molar-refractivity contribution < 1.29 is 42.1 Å². The zero-order chi connectivity index (χ0) is 19.8. The molecule has 3 heterocycles. The molecule has 4 atom stereocenters. The van der Waals surface area contributed by atoms with Gasteiger partial charge in [-0.1, -0.05) is 0 Å². The zero-order valence-corrected chi connectivity index (χ0v) is 15.9. The maximum absolute atomic E-state index is 11.7. The van der Waals surface area contributed by atoms with Gasteiger partial charge in [-0.2, -0.15) is 0 Å². The van der Waals surface area contributed by atoms with E-state index in [9.17, 15) is 14.0 Å². The maximum Gasteiger partial charge on any atom is 0.474 e. The van der Waals surface area contributed by atoms with Crippen LogP contribution >= 0.6 is 15.6 Å². The molecule has 0 aliphatic carbocycles. The Morgan fingerprint density at radius 2 is 2.00 bits per heavy atom. The number of anilines is 1. The summed E-state index contributed by atoms with van der Waals surface area (Å²) in [4.78, 5) is 40.0. The number of ether oxygens (including phenoxy) is 1. The van der Waals surface area contributed by atoms with Gasteiger partial charge in [0, 0.05) is 20.6 Å². The number of hydrogen-bond acceptors (Lipinski definition) is 10. The monoisotopic (exact) mass is 425 g/mol. The Bertz CT molecular complexity index is 917. The minimum absolute atomic E-state index is 0.121. The van der Waals surface area contributed by atoms with E-state index in [1.807, 2.05) is 0 Å². The molecule has 16 heteroatoms. The van der Waals surface area contributed by atoms with Crippen molar-refractivity contribution in [3.63, 3.8) is 0 Å². The van der Waals surface area contributed by atoms with Crippen LogP contribution in [0.25, 0.3) is 11.2 Å². The average Bonchev–Trinajstić information content (AvgIpc) is 3.17. The van der Waals surface area contributed by atoms with E-state index < -0.39 is 34.3 Å². The molecule has 0 radical (unpaired) electrons. The van der Waals surface area contributed by atoms with Gasteiger partial charge in [0.2, 0.25) is 0 Å². The first-order chi connectivity index (χ1) is 12.6. The van der Waals surface area contributed by atoms with Crippen molar-refractivity contribution in [3.05, 3.63) is 12.7 Å². The topological polar surface area (TPSA) is 187 Å². The van der Waals surface area contributed by atoms with E-state index in [0.29, 0.717) is 17.0 Å². The van der Waals surface area contributed by atoms with Crippen LogP contribution in [-0.2, 0) is 27.4 Å². The lowest BCUT2D eigenvalue weighted by atomic mass is 10.2. The SMILES string of the molecule is CNc1ncnc2c1ncn2[C@H]1C[C@H](OP(=O)(O)O)[C@@H](OP(=O)(O)OC)O1. The first-order valence-electron chi connectivity index (χ1n) is 7.45. The van der Waals surface area contributed by atoms with Gasteiger partial charge in [-0.3, -0.25) is 18.1 Å². The van der Waals surface area contributed by atoms with Crippen molar-refractivity contribution in [2.45, 2.75) is 25.0 Å². The van der Waals surface area contributed by atoms with Crippen LogP contribution in [0.1, 0.15) is 12.6 Å². The summed E-state index contributed by atoms with van der Waals surface area (Å²) in [6.45, 7) is 0. The molecule has 27 heavy (non-hydrogen) atoms. The highest BCUT2D eigenvalue weighted by Crippen LogP contribution is 2.50. The molecule has 1 fully saturated rings. The third-order valence-electron chi connectivity index (χ3n) is 3.68. The molecule has 14 nitrogen and oxygen atoms in total. The molecule has 0 amide bonds. The standard InChI is InChI=1S/C11H17N5O9P2/c1-12-9-8-10(14-4-13-9)16(5-15-8)7-3-6(24-26(17,18)19)11(23-7)25-27(20,21)22-2/h4-7,11H,3H2,1-2H3,(H,20,21)(H,12,13,14)(H2,17,18,19)/t6-,7+,11+/m0/s1. The number of nitrogens with zero attached hydrogens (tertiary/aromatic N) is 4. The molecule has 1 aliphatic rings. The number of hydrogen-bond donors (Lipinski definition) is 4. The predicted octanol–water partition coefficient (Wildman–Crippen LogP) is 0.354. The third kappa shape index (κ3) is 4.51. The summed E-state index contributed by atoms with van der Waals surface area (Å²) >= 11 is 0. The Kier molecular flexibility index (Phi) is 5.64. The van der Waals surface area contributed by atoms with Gasteiger partial charge >= 0.3 is 15.6 Å². The molecular formula is C11H17N5O9P2. The first kappa shape index (κ1) is 20.3. The van der Waals surface area contributed by atoms with Gasteiger partial charge in [0.1, 0.15) is 24.2 Å². The van der Waals surface area contributed by atoms with Gasteiger partial charge in [0.05, 0.1) is 6.33 Å². The van der Waals surface area contributed by atoms with E-state index >= 15 is 0 Å². The highest BCUT2D eigenvalue weighted by molar-refractivity contribution is 7.47. The molecule has 2 aromatic rings. The summed E-state index contributed by atoms with van der Waals surface area (Å²) in [6, 6.07) is 0. The number of aromatic nitrogens is 4. The molecule has 0 saturated carbocycles. The van der Waals surface area contributed by atoms with E-state index in [2.05, 4.69) is 29.3 Å². The van der Waals surface area contributed by atoms with Crippen molar-refractivity contribution in [1.82, 2.24) is 19.5 Å². The highest BCUT2D eigenvalue weighted by Gasteiger charge is 2.45. The van der Waals surface area contributed by atoms with Crippen LogP contribution in [0.5, 0.6) is 0 Å². The minimum atomic E-state index is -4.92. The molecule has 0 aromatic carbocycles. The summed E-state index contributed by atoms with van der Waals surface area (Å²) in [7, 11) is -6.84. The number of phosphoric ester groups is 2. The second-order valence-electron chi connectivity index (χ2n) is 5.38. The van der Waals surface area contributed by atoms with Crippen LogP contribution in [0.3, 0.4) is 0 Å². The molecule has 1 saturated heterocycles. The predicted molar refractivity (Wildman–Crippen MR) is 88.2 cm³/mol. The molecule has 0 bridgehead atoms. The Labute approximate surface area is 152 Å². The van der Waals surface area contributed by atoms with Crippen LogP contribution in [-0.4, -0.2) is 60.8 Å². The second-order valence-corrected chi connectivity index (χ2v) is 8.09. The molecule has 1 aliphatic heterocycles. The summed E-state index contributed by atoms with van der Waals surface area (Å²) in [5, 5.41) is 2.85. The lowest BCUT2D eigenvalue weighted by molar-refractivity contribution is -0.133. The van der Waals surface area contributed by atoms with Gasteiger partial charge in [-0.15, -0.1) is 0 Å². The van der Waals surface area contributed by atoms with Crippen LogP contribution in [0.15, 0.2) is 12.7 Å². The van der Waals surface area contributed by atoms with Crippen LogP contribution in [0.4, 0.5) is 5.82 Å². The quantitative estimate of drug-likeness (QED) is 0.446. The maximum atomic E-state index is 11.7. The van der Waals surface area contributed by atoms with Gasteiger partial charge in [0.15, 0.2) is 17.8 Å². The largest absolute Gasteiger partial charge is 0.474 e. The molecule has 150 valence electrons. The molecular weight excluding hydrogens is 408 g/mol. The molecule has 4 N–H and O–H groups in total. The van der Waals surface area contributed by atoms with E-state index in [-0.39, 0.29) is 6.42 Å². The fourth-order valence-electron chi connectivity index (χ4n) is 2.57. The van der Waals surface area contributed by atoms with Gasteiger partial charge < -0.3 is 24.7 Å². The van der Waals surface area contributed by atoms with Crippen molar-refractivity contribution in [2.24, 2.45) is 0 Å². The van der Waals surface area contributed by atoms with Crippen molar-refractivity contribution in [2.75, 3.05) is 19.5 Å². The van der Waals surface area contributed by atoms with Crippen molar-refractivity contribution in [1.29, 1.82) is 0 Å². The smallest absolute Gasteiger partial charge is 0.371 e. The lowest BCUT2D eigenvalue weighted by Gasteiger charge is -2.20. The number of nitrogens with one attached hydrogen (secondary N) is 1. The minimum Gasteiger partial charge on any atom is -0.371 e. The summed E-state index contributed by atoms with van der Waals surface area (Å²) in [5.74, 6) is 0.465. The number of imidazole rings is 1. The van der Waals surface area contributed by atoms with Crippen LogP contribution in [0, 0.1) is 0 Å². The number of fused-ring (bicyclic) bond motifs is 1. The summed E-state index contributed by atoms with van der Waals surface area (Å²) in [6.07, 6.45) is -1.27. The van der Waals surface area contributed by atoms with Crippen molar-refractivity contribution >= 4 is 32.6 Å². The molecule has 1 unspecified atom stereocenters. The fourth-order valence-corrected chi connectivity index (χ4v) is 3.64. The van der Waals surface area contributed by atoms with E-state index in [0.717, 1.165) is 7.11 Å². The third-order valence-corrected chi connectivity index (χ3v) is 5.16. The van der Waals surface area contributed by atoms with Crippen LogP contribution < -0.4 is 5.32 Å². The van der Waals surface area contributed by atoms with E-state index in [1.165, 1.54) is 17.2 Å². The fraction of sp³-hybridized carbons (Fsp3) is 0.545. The molecule has 3 rings (SSSR count). The summed E-state index contributed by atoms with van der Waals surface area (Å²) < 4.78 is 43.6. The normalized spacial score (nSPS) is 25.6. The summed E-state index contributed by atoms with van der Waals surface area (Å²) in [5.41, 5.74) is 0.805. The van der Waals surface area contributed by atoms with Gasteiger partial charge in [0.25, 0.3) is 0 Å². The average molecular weight is 425 g/mol. The van der Waals surface area contributed by atoms with Gasteiger partial charge in [-0.05, 0) is 0 Å². The number of rotatable bonds is 7. The lowest BCUT2D eigenvalue weighted by Crippen LogP contribution is -2.25. The molecule has 2 aromatic heterocycles. The first-order valence-corrected chi connectivity index (χ1v) is 10.5. The second kappa shape index (κ2) is 7.51. The number of phosphoric acid groups is 2. The van der Waals surface area contributed by atoms with E-state index in [1.54, 1.807) is 7.05 Å². The highest BCUT2D eigenvalue weighted by atomic mass is 31.2. The van der Waals surface area contributed by atoms with E-state index in [4.69, 9.17) is 19.0 Å². The van der Waals surface area contributed by atoms with Crippen molar-refractivity contribution in [3.8, 4) is 0 Å². The zero-order valence-electron chi connectivity index (χ0n) is 14.1.